The van der Waals surface area contributed by atoms with Crippen LogP contribution in [0.25, 0.3) is 10.9 Å². The van der Waals surface area contributed by atoms with Crippen molar-refractivity contribution in [2.24, 2.45) is 0 Å². The molecule has 4 rings (SSSR count). The zero-order valence-corrected chi connectivity index (χ0v) is 14.4. The Labute approximate surface area is 151 Å². The number of aromatic nitrogens is 2. The van der Waals surface area contributed by atoms with Crippen LogP contribution >= 0.6 is 0 Å². The van der Waals surface area contributed by atoms with Crippen molar-refractivity contribution in [1.29, 1.82) is 0 Å². The Morgan fingerprint density at radius 3 is 2.54 bits per heavy atom. The van der Waals surface area contributed by atoms with E-state index in [2.05, 4.69) is 17.1 Å². The molecular formula is C22H20N2O2. The monoisotopic (exact) mass is 344 g/mol. The summed E-state index contributed by atoms with van der Waals surface area (Å²) in [4.78, 5) is 16.2. The first-order chi connectivity index (χ1) is 12.7. The molecule has 0 aliphatic rings. The van der Waals surface area contributed by atoms with E-state index in [1.165, 1.54) is 5.39 Å². The lowest BCUT2D eigenvalue weighted by Crippen LogP contribution is -2.24. The highest BCUT2D eigenvalue weighted by atomic mass is 16.3. The molecule has 0 aliphatic heterocycles. The lowest BCUT2D eigenvalue weighted by atomic mass is 10.1. The van der Waals surface area contributed by atoms with Crippen LogP contribution in [0.15, 0.2) is 77.7 Å². The predicted octanol–water partition coefficient (Wildman–Crippen LogP) is 3.87. The van der Waals surface area contributed by atoms with Gasteiger partial charge in [-0.2, -0.15) is 0 Å². The Kier molecular flexibility index (Phi) is 4.32. The molecule has 4 aromatic rings. The normalized spacial score (nSPS) is 11.1. The molecule has 2 aromatic carbocycles. The van der Waals surface area contributed by atoms with Crippen molar-refractivity contribution >= 4 is 10.9 Å². The number of aromatic hydroxyl groups is 1. The number of rotatable bonds is 5. The van der Waals surface area contributed by atoms with Gasteiger partial charge < -0.3 is 14.7 Å². The number of nitrogens with zero attached hydrogens (tertiary/aromatic N) is 1. The summed E-state index contributed by atoms with van der Waals surface area (Å²) < 4.78 is 1.67. The molecule has 2 heterocycles. The molecule has 26 heavy (non-hydrogen) atoms. The number of nitrogens with one attached hydrogen (secondary N) is 1. The van der Waals surface area contributed by atoms with Crippen LogP contribution in [0.4, 0.5) is 0 Å². The highest BCUT2D eigenvalue weighted by molar-refractivity contribution is 5.80. The number of hydrogen-bond acceptors (Lipinski definition) is 2. The van der Waals surface area contributed by atoms with E-state index in [1.54, 1.807) is 16.8 Å². The second-order valence-corrected chi connectivity index (χ2v) is 6.47. The number of benzene rings is 2. The minimum Gasteiger partial charge on any atom is -0.507 e. The van der Waals surface area contributed by atoms with E-state index in [4.69, 9.17) is 0 Å². The fraction of sp³-hybridized carbons (Fsp3) is 0.136. The van der Waals surface area contributed by atoms with E-state index in [-0.39, 0.29) is 11.3 Å². The fourth-order valence-electron chi connectivity index (χ4n) is 3.26. The van der Waals surface area contributed by atoms with E-state index in [0.717, 1.165) is 23.2 Å². The lowest BCUT2D eigenvalue weighted by molar-refractivity contribution is 0.463. The maximum Gasteiger partial charge on any atom is 0.257 e. The topological polar surface area (TPSA) is 58.0 Å². The van der Waals surface area contributed by atoms with Gasteiger partial charge in [0, 0.05) is 36.8 Å². The summed E-state index contributed by atoms with van der Waals surface area (Å²) in [7, 11) is 0. The van der Waals surface area contributed by atoms with Crippen LogP contribution in [-0.2, 0) is 19.4 Å². The average molecular weight is 344 g/mol. The smallest absolute Gasteiger partial charge is 0.257 e. The van der Waals surface area contributed by atoms with Gasteiger partial charge in [-0.25, -0.2) is 0 Å². The maximum absolute atomic E-state index is 12.8. The van der Waals surface area contributed by atoms with Crippen LogP contribution in [0.5, 0.6) is 5.75 Å². The second kappa shape index (κ2) is 6.92. The SMILES string of the molecule is O=c1c(Cc2ccccc2)c(O)ccn1CCc1cc2ccccc2[nH]1. The standard InChI is InChI=1S/C22H20N2O2/c25-21-11-13-24(22(26)19(21)14-16-6-2-1-3-7-16)12-10-18-15-17-8-4-5-9-20(17)23-18/h1-9,11,13,15,23,25H,10,12,14H2. The maximum atomic E-state index is 12.8. The van der Waals surface area contributed by atoms with Crippen molar-refractivity contribution in [2.75, 3.05) is 0 Å². The van der Waals surface area contributed by atoms with Gasteiger partial charge in [-0.1, -0.05) is 48.5 Å². The minimum atomic E-state index is -0.134. The Bertz CT molecular complexity index is 1060. The van der Waals surface area contributed by atoms with E-state index >= 15 is 0 Å². The molecule has 0 amide bonds. The molecule has 0 bridgehead atoms. The van der Waals surface area contributed by atoms with Gasteiger partial charge in [0.25, 0.3) is 5.56 Å². The van der Waals surface area contributed by atoms with Gasteiger partial charge >= 0.3 is 0 Å². The molecular weight excluding hydrogens is 324 g/mol. The van der Waals surface area contributed by atoms with E-state index in [0.29, 0.717) is 18.5 Å². The molecule has 0 atom stereocenters. The summed E-state index contributed by atoms with van der Waals surface area (Å²) in [6.07, 6.45) is 2.82. The van der Waals surface area contributed by atoms with Crippen LogP contribution in [0, 0.1) is 0 Å². The third-order valence-corrected chi connectivity index (χ3v) is 4.67. The van der Waals surface area contributed by atoms with Gasteiger partial charge in [-0.05, 0) is 29.1 Å². The molecule has 2 N–H and O–H groups in total. The summed E-state index contributed by atoms with van der Waals surface area (Å²) in [5.74, 6) is 0.0562. The van der Waals surface area contributed by atoms with Crippen LogP contribution < -0.4 is 5.56 Å². The number of para-hydroxylation sites is 1. The molecule has 0 saturated carbocycles. The first-order valence-electron chi connectivity index (χ1n) is 8.72. The highest BCUT2D eigenvalue weighted by Gasteiger charge is 2.11. The third-order valence-electron chi connectivity index (χ3n) is 4.67. The van der Waals surface area contributed by atoms with Crippen molar-refractivity contribution < 1.29 is 5.11 Å². The lowest BCUT2D eigenvalue weighted by Gasteiger charge is -2.10. The van der Waals surface area contributed by atoms with Crippen LogP contribution in [0.3, 0.4) is 0 Å². The Hall–Kier alpha value is -3.27. The summed E-state index contributed by atoms with van der Waals surface area (Å²) in [6, 6.07) is 21.6. The third kappa shape index (κ3) is 3.26. The first-order valence-corrected chi connectivity index (χ1v) is 8.72. The molecule has 0 unspecified atom stereocenters. The largest absolute Gasteiger partial charge is 0.507 e. The zero-order valence-electron chi connectivity index (χ0n) is 14.4. The van der Waals surface area contributed by atoms with Crippen molar-refractivity contribution in [1.82, 2.24) is 9.55 Å². The molecule has 0 spiro atoms. The van der Waals surface area contributed by atoms with Crippen LogP contribution in [0.2, 0.25) is 0 Å². The van der Waals surface area contributed by atoms with Crippen molar-refractivity contribution in [3.63, 3.8) is 0 Å². The second-order valence-electron chi connectivity index (χ2n) is 6.47. The Morgan fingerprint density at radius 2 is 1.73 bits per heavy atom. The van der Waals surface area contributed by atoms with Gasteiger partial charge in [0.2, 0.25) is 0 Å². The first kappa shape index (κ1) is 16.2. The number of pyridine rings is 1. The number of H-pyrrole nitrogens is 1. The van der Waals surface area contributed by atoms with E-state index in [9.17, 15) is 9.90 Å². The van der Waals surface area contributed by atoms with Gasteiger partial charge in [0.15, 0.2) is 0 Å². The predicted molar refractivity (Wildman–Crippen MR) is 104 cm³/mol. The average Bonchev–Trinajstić information content (AvgIpc) is 3.08. The molecule has 0 radical (unpaired) electrons. The van der Waals surface area contributed by atoms with Crippen molar-refractivity contribution in [3.05, 3.63) is 100 Å². The summed E-state index contributed by atoms with van der Waals surface area (Å²) >= 11 is 0. The number of fused-ring (bicyclic) bond motifs is 1. The van der Waals surface area contributed by atoms with Gasteiger partial charge in [0.1, 0.15) is 5.75 Å². The zero-order chi connectivity index (χ0) is 17.9. The highest BCUT2D eigenvalue weighted by Crippen LogP contribution is 2.17. The van der Waals surface area contributed by atoms with Crippen LogP contribution in [-0.4, -0.2) is 14.7 Å². The quantitative estimate of drug-likeness (QED) is 0.577. The summed E-state index contributed by atoms with van der Waals surface area (Å²) in [5.41, 5.74) is 3.51. The van der Waals surface area contributed by atoms with Crippen LogP contribution in [0.1, 0.15) is 16.8 Å². The van der Waals surface area contributed by atoms with Gasteiger partial charge in [-0.3, -0.25) is 4.79 Å². The van der Waals surface area contributed by atoms with E-state index in [1.807, 2.05) is 48.5 Å². The van der Waals surface area contributed by atoms with Crippen molar-refractivity contribution in [3.8, 4) is 5.75 Å². The molecule has 0 saturated heterocycles. The molecule has 130 valence electrons. The molecule has 4 nitrogen and oxygen atoms in total. The Morgan fingerprint density at radius 1 is 0.962 bits per heavy atom. The molecule has 0 fully saturated rings. The molecule has 2 aromatic heterocycles. The molecule has 4 heteroatoms. The van der Waals surface area contributed by atoms with Gasteiger partial charge in [0.05, 0.1) is 5.56 Å². The fourth-order valence-corrected chi connectivity index (χ4v) is 3.26. The van der Waals surface area contributed by atoms with Gasteiger partial charge in [-0.15, -0.1) is 0 Å². The minimum absolute atomic E-state index is 0.0562. The van der Waals surface area contributed by atoms with E-state index < -0.39 is 0 Å². The number of aryl methyl sites for hydroxylation is 2. The Balaban J connectivity index is 1.57. The number of hydrogen-bond donors (Lipinski definition) is 2. The molecule has 0 aliphatic carbocycles. The summed E-state index contributed by atoms with van der Waals surface area (Å²) in [6.45, 7) is 0.563. The number of aromatic amines is 1. The van der Waals surface area contributed by atoms with Crippen molar-refractivity contribution in [2.45, 2.75) is 19.4 Å². The summed E-state index contributed by atoms with van der Waals surface area (Å²) in [5, 5.41) is 11.3.